The van der Waals surface area contributed by atoms with Gasteiger partial charge in [0.1, 0.15) is 0 Å². The molecule has 0 bridgehead atoms. The van der Waals surface area contributed by atoms with Crippen molar-refractivity contribution in [2.75, 3.05) is 26.2 Å². The molecule has 2 rings (SSSR count). The van der Waals surface area contributed by atoms with Gasteiger partial charge in [0.2, 0.25) is 10.0 Å². The smallest absolute Gasteiger partial charge is 0.217 e. The summed E-state index contributed by atoms with van der Waals surface area (Å²) in [6.45, 7) is 2.90. The van der Waals surface area contributed by atoms with Crippen molar-refractivity contribution in [2.45, 2.75) is 24.5 Å². The summed E-state index contributed by atoms with van der Waals surface area (Å²) in [4.78, 5) is 0. The molecule has 76 valence electrons. The number of sulfonamides is 1. The first-order chi connectivity index (χ1) is 6.21. The summed E-state index contributed by atoms with van der Waals surface area (Å²) in [6.07, 6.45) is 2.81. The zero-order valence-electron chi connectivity index (χ0n) is 7.70. The summed E-state index contributed by atoms with van der Waals surface area (Å²) in [5, 5.41) is 3.09. The van der Waals surface area contributed by atoms with E-state index < -0.39 is 10.0 Å². The summed E-state index contributed by atoms with van der Waals surface area (Å²) < 4.78 is 25.4. The van der Waals surface area contributed by atoms with Crippen molar-refractivity contribution in [1.82, 2.24) is 9.62 Å². The molecule has 0 radical (unpaired) electrons. The Hall–Kier alpha value is -0.130. The van der Waals surface area contributed by atoms with Gasteiger partial charge in [-0.05, 0) is 12.8 Å². The van der Waals surface area contributed by atoms with Crippen molar-refractivity contribution in [2.24, 2.45) is 0 Å². The van der Waals surface area contributed by atoms with E-state index in [-0.39, 0.29) is 5.25 Å². The maximum Gasteiger partial charge on any atom is 0.217 e. The number of rotatable bonds is 2. The maximum absolute atomic E-state index is 11.9. The van der Waals surface area contributed by atoms with Gasteiger partial charge in [0.05, 0.1) is 5.25 Å². The normalized spacial score (nSPS) is 27.1. The van der Waals surface area contributed by atoms with E-state index in [1.54, 1.807) is 4.31 Å². The van der Waals surface area contributed by atoms with Gasteiger partial charge >= 0.3 is 0 Å². The van der Waals surface area contributed by atoms with Gasteiger partial charge in [-0.25, -0.2) is 8.42 Å². The van der Waals surface area contributed by atoms with Gasteiger partial charge in [-0.3, -0.25) is 0 Å². The molecule has 1 saturated heterocycles. The van der Waals surface area contributed by atoms with Crippen molar-refractivity contribution in [3.8, 4) is 0 Å². The highest BCUT2D eigenvalue weighted by atomic mass is 32.2. The van der Waals surface area contributed by atoms with E-state index in [4.69, 9.17) is 0 Å². The zero-order chi connectivity index (χ0) is 9.31. The molecule has 0 unspecified atom stereocenters. The van der Waals surface area contributed by atoms with Crippen molar-refractivity contribution in [3.05, 3.63) is 0 Å². The molecule has 1 aliphatic heterocycles. The second-order valence-corrected chi connectivity index (χ2v) is 5.96. The van der Waals surface area contributed by atoms with Crippen LogP contribution in [0.25, 0.3) is 0 Å². The third kappa shape index (κ3) is 1.73. The van der Waals surface area contributed by atoms with E-state index in [1.807, 2.05) is 0 Å². The highest BCUT2D eigenvalue weighted by Crippen LogP contribution is 2.28. The monoisotopic (exact) mass is 204 g/mol. The Kier molecular flexibility index (Phi) is 2.58. The lowest BCUT2D eigenvalue weighted by Gasteiger charge is -2.34. The van der Waals surface area contributed by atoms with Crippen LogP contribution in [0.5, 0.6) is 0 Å². The average Bonchev–Trinajstić information content (AvgIpc) is 2.02. The van der Waals surface area contributed by atoms with Crippen LogP contribution in [-0.2, 0) is 10.0 Å². The Labute approximate surface area is 79.4 Å². The molecule has 2 aliphatic rings. The van der Waals surface area contributed by atoms with Crippen molar-refractivity contribution < 1.29 is 8.42 Å². The number of hydrogen-bond acceptors (Lipinski definition) is 3. The molecule has 0 aromatic heterocycles. The Morgan fingerprint density at radius 2 is 1.77 bits per heavy atom. The van der Waals surface area contributed by atoms with E-state index in [0.29, 0.717) is 13.1 Å². The topological polar surface area (TPSA) is 49.4 Å². The van der Waals surface area contributed by atoms with Crippen LogP contribution in [-0.4, -0.2) is 44.2 Å². The Morgan fingerprint density at radius 3 is 2.23 bits per heavy atom. The lowest BCUT2D eigenvalue weighted by Crippen LogP contribution is -2.50. The van der Waals surface area contributed by atoms with Crippen LogP contribution in [0.4, 0.5) is 0 Å². The Balaban J connectivity index is 2.03. The highest BCUT2D eigenvalue weighted by Gasteiger charge is 2.36. The molecule has 1 N–H and O–H groups in total. The van der Waals surface area contributed by atoms with E-state index >= 15 is 0 Å². The molecule has 5 heteroatoms. The van der Waals surface area contributed by atoms with Crippen LogP contribution in [0.1, 0.15) is 19.3 Å². The third-order valence-corrected chi connectivity index (χ3v) is 5.31. The summed E-state index contributed by atoms with van der Waals surface area (Å²) in [6, 6.07) is 0. The summed E-state index contributed by atoms with van der Waals surface area (Å²) >= 11 is 0. The fourth-order valence-corrected chi connectivity index (χ4v) is 3.82. The number of nitrogens with one attached hydrogen (secondary N) is 1. The molecule has 1 heterocycles. The maximum atomic E-state index is 11.9. The first kappa shape index (κ1) is 9.43. The Bertz CT molecular complexity index is 266. The second kappa shape index (κ2) is 3.55. The molecule has 1 aliphatic carbocycles. The molecule has 0 spiro atoms. The van der Waals surface area contributed by atoms with Crippen LogP contribution in [0.3, 0.4) is 0 Å². The molecule has 0 atom stereocenters. The number of hydrogen-bond donors (Lipinski definition) is 1. The van der Waals surface area contributed by atoms with Crippen LogP contribution in [0.15, 0.2) is 0 Å². The highest BCUT2D eigenvalue weighted by molar-refractivity contribution is 7.89. The van der Waals surface area contributed by atoms with Crippen molar-refractivity contribution in [3.63, 3.8) is 0 Å². The minimum atomic E-state index is -2.93. The van der Waals surface area contributed by atoms with E-state index in [2.05, 4.69) is 5.32 Å². The van der Waals surface area contributed by atoms with Crippen molar-refractivity contribution in [1.29, 1.82) is 0 Å². The quantitative estimate of drug-likeness (QED) is 0.676. The van der Waals surface area contributed by atoms with Crippen molar-refractivity contribution >= 4 is 10.0 Å². The fraction of sp³-hybridized carbons (Fsp3) is 1.00. The molecular formula is C8H16N2O2S. The molecular weight excluding hydrogens is 188 g/mol. The Morgan fingerprint density at radius 1 is 1.15 bits per heavy atom. The summed E-state index contributed by atoms with van der Waals surface area (Å²) in [7, 11) is -2.93. The average molecular weight is 204 g/mol. The summed E-state index contributed by atoms with van der Waals surface area (Å²) in [5.41, 5.74) is 0. The van der Waals surface area contributed by atoms with E-state index in [9.17, 15) is 8.42 Å². The molecule has 2 fully saturated rings. The van der Waals surface area contributed by atoms with Crippen LogP contribution < -0.4 is 5.32 Å². The van der Waals surface area contributed by atoms with E-state index in [0.717, 1.165) is 32.4 Å². The van der Waals surface area contributed by atoms with Gasteiger partial charge in [0.15, 0.2) is 0 Å². The molecule has 1 saturated carbocycles. The minimum absolute atomic E-state index is 0.0643. The molecule has 0 aromatic carbocycles. The predicted octanol–water partition coefficient (Wildman–Crippen LogP) is -0.226. The van der Waals surface area contributed by atoms with Gasteiger partial charge in [-0.1, -0.05) is 6.42 Å². The number of nitrogens with zero attached hydrogens (tertiary/aromatic N) is 1. The van der Waals surface area contributed by atoms with Gasteiger partial charge in [0.25, 0.3) is 0 Å². The summed E-state index contributed by atoms with van der Waals surface area (Å²) in [5.74, 6) is 0. The van der Waals surface area contributed by atoms with E-state index in [1.165, 1.54) is 0 Å². The molecule has 0 amide bonds. The number of piperazine rings is 1. The van der Waals surface area contributed by atoms with Crippen LogP contribution in [0.2, 0.25) is 0 Å². The molecule has 4 nitrogen and oxygen atoms in total. The lowest BCUT2D eigenvalue weighted by molar-refractivity contribution is 0.342. The standard InChI is InChI=1S/C8H16N2O2S/c11-13(12,8-2-1-3-8)10-6-4-9-5-7-10/h8-9H,1-7H2. The SMILES string of the molecule is O=S(=O)(C1CCC1)N1CCNCC1. The van der Waals surface area contributed by atoms with Crippen LogP contribution >= 0.6 is 0 Å². The first-order valence-corrected chi connectivity index (χ1v) is 6.41. The first-order valence-electron chi connectivity index (χ1n) is 4.91. The van der Waals surface area contributed by atoms with Gasteiger partial charge < -0.3 is 5.32 Å². The van der Waals surface area contributed by atoms with Gasteiger partial charge in [-0.2, -0.15) is 4.31 Å². The second-order valence-electron chi connectivity index (χ2n) is 3.75. The largest absolute Gasteiger partial charge is 0.314 e. The van der Waals surface area contributed by atoms with Gasteiger partial charge in [-0.15, -0.1) is 0 Å². The van der Waals surface area contributed by atoms with Gasteiger partial charge in [0, 0.05) is 26.2 Å². The minimum Gasteiger partial charge on any atom is -0.314 e. The zero-order valence-corrected chi connectivity index (χ0v) is 8.52. The van der Waals surface area contributed by atoms with Crippen LogP contribution in [0, 0.1) is 0 Å². The lowest BCUT2D eigenvalue weighted by atomic mass is 10.0. The predicted molar refractivity (Wildman–Crippen MR) is 51.0 cm³/mol. The molecule has 13 heavy (non-hydrogen) atoms. The fourth-order valence-electron chi connectivity index (χ4n) is 1.78. The molecule has 0 aromatic rings. The third-order valence-electron chi connectivity index (χ3n) is 2.91.